The summed E-state index contributed by atoms with van der Waals surface area (Å²) in [5.41, 5.74) is 2.59. The third kappa shape index (κ3) is 5.10. The van der Waals surface area contributed by atoms with Crippen molar-refractivity contribution in [3.63, 3.8) is 0 Å². The maximum absolute atomic E-state index is 10.5. The highest BCUT2D eigenvalue weighted by molar-refractivity contribution is 5.80. The van der Waals surface area contributed by atoms with Gasteiger partial charge in [-0.3, -0.25) is 0 Å². The van der Waals surface area contributed by atoms with E-state index in [1.807, 2.05) is 30.3 Å². The van der Waals surface area contributed by atoms with Crippen molar-refractivity contribution in [3.8, 4) is 23.0 Å². The van der Waals surface area contributed by atoms with Gasteiger partial charge in [0.2, 0.25) is 11.5 Å². The van der Waals surface area contributed by atoms with E-state index in [4.69, 9.17) is 25.1 Å². The third-order valence-electron chi connectivity index (χ3n) is 7.16. The number of aliphatic hydroxyl groups is 4. The molecule has 13 nitrogen and oxygen atoms in total. The minimum atomic E-state index is -1.54. The zero-order valence-electron chi connectivity index (χ0n) is 23.1. The number of allylic oxidation sites excluding steroid dienone is 2. The molecule has 13 heteroatoms. The number of benzene rings is 2. The van der Waals surface area contributed by atoms with Crippen LogP contribution in [0.15, 0.2) is 112 Å². The van der Waals surface area contributed by atoms with Gasteiger partial charge in [-0.15, -0.1) is 4.70 Å². The lowest BCUT2D eigenvalue weighted by Gasteiger charge is -2.31. The number of aliphatic hydroxyl groups excluding tert-OH is 4. The minimum absolute atomic E-state index is 0.0991. The molecular weight excluding hydrogens is 566 g/mol. The second-order valence-electron chi connectivity index (χ2n) is 10.0. The molecule has 2 unspecified atom stereocenters. The molecule has 2 aliphatic heterocycles. The quantitative estimate of drug-likeness (QED) is 0.192. The van der Waals surface area contributed by atoms with E-state index in [1.54, 1.807) is 51.9 Å². The molecule has 1 aromatic heterocycles. The van der Waals surface area contributed by atoms with Crippen LogP contribution in [0.25, 0.3) is 16.9 Å². The van der Waals surface area contributed by atoms with Gasteiger partial charge in [0.1, 0.15) is 12.2 Å². The van der Waals surface area contributed by atoms with E-state index < -0.39 is 41.7 Å². The fourth-order valence-electron chi connectivity index (χ4n) is 4.88. The fraction of sp³-hybridized carbons (Fsp3) is 0.161. The van der Waals surface area contributed by atoms with Gasteiger partial charge in [-0.05, 0) is 40.9 Å². The number of nitrogens with one attached hydrogen (secondary N) is 1. The molecule has 0 amide bonds. The molecule has 0 radical (unpaired) electrons. The van der Waals surface area contributed by atoms with E-state index >= 15 is 0 Å². The lowest BCUT2D eigenvalue weighted by Crippen LogP contribution is -2.36. The molecule has 0 saturated carbocycles. The smallest absolute Gasteiger partial charge is 0.330 e. The van der Waals surface area contributed by atoms with Crippen LogP contribution >= 0.6 is 0 Å². The van der Waals surface area contributed by atoms with E-state index in [-0.39, 0.29) is 13.0 Å². The van der Waals surface area contributed by atoms with Crippen LogP contribution in [0.3, 0.4) is 0 Å². The molecule has 220 valence electrons. The summed E-state index contributed by atoms with van der Waals surface area (Å²) < 4.78 is 14.7. The minimum Gasteiger partial charge on any atom is -0.505 e. The van der Waals surface area contributed by atoms with Gasteiger partial charge in [-0.25, -0.2) is 0 Å². The van der Waals surface area contributed by atoms with Crippen molar-refractivity contribution in [2.24, 2.45) is 10.1 Å². The van der Waals surface area contributed by atoms with Crippen molar-refractivity contribution in [3.05, 3.63) is 113 Å². The summed E-state index contributed by atoms with van der Waals surface area (Å²) in [6.45, 7) is -0.475. The summed E-state index contributed by atoms with van der Waals surface area (Å²) >= 11 is 0. The molecule has 0 bridgehead atoms. The molecule has 2 atom stereocenters. The normalized spacial score (nSPS) is 21.9. The van der Waals surface area contributed by atoms with Crippen LogP contribution in [0, 0.1) is 16.7 Å². The average molecular weight is 593 g/mol. The fourth-order valence-corrected chi connectivity index (χ4v) is 4.88. The van der Waals surface area contributed by atoms with Crippen molar-refractivity contribution in [2.75, 3.05) is 6.61 Å². The molecule has 1 aliphatic carbocycles. The molecule has 6 rings (SSSR count). The Hall–Kier alpha value is -6.00. The lowest BCUT2D eigenvalue weighted by molar-refractivity contribution is -0.506. The Morgan fingerprint density at radius 1 is 1.16 bits per heavy atom. The Kier molecular flexibility index (Phi) is 7.26. The van der Waals surface area contributed by atoms with E-state index in [0.717, 1.165) is 16.8 Å². The number of nitrogens with zero attached hydrogens (tertiary/aromatic N) is 6. The van der Waals surface area contributed by atoms with Crippen LogP contribution < -0.4 is 0 Å². The molecule has 3 aliphatic rings. The molecule has 5 N–H and O–H groups in total. The first-order valence-electron chi connectivity index (χ1n) is 13.5. The monoisotopic (exact) mass is 592 g/mol. The van der Waals surface area contributed by atoms with Crippen molar-refractivity contribution in [2.45, 2.75) is 24.8 Å². The second kappa shape index (κ2) is 11.3. The second-order valence-corrected chi connectivity index (χ2v) is 10.0. The van der Waals surface area contributed by atoms with Crippen molar-refractivity contribution < 1.29 is 34.6 Å². The maximum Gasteiger partial charge on any atom is 0.330 e. The Bertz CT molecular complexity index is 1860. The molecule has 44 heavy (non-hydrogen) atoms. The maximum atomic E-state index is 10.5. The summed E-state index contributed by atoms with van der Waals surface area (Å²) in [4.78, 5) is 4.68. The summed E-state index contributed by atoms with van der Waals surface area (Å²) in [7, 11) is 0. The molecule has 0 saturated heterocycles. The summed E-state index contributed by atoms with van der Waals surface area (Å²) in [5.74, 6) is -2.46. The molecule has 3 heterocycles. The van der Waals surface area contributed by atoms with Crippen LogP contribution in [-0.4, -0.2) is 65.9 Å². The van der Waals surface area contributed by atoms with Gasteiger partial charge in [0.05, 0.1) is 29.5 Å². The zero-order valence-corrected chi connectivity index (χ0v) is 23.1. The first-order valence-corrected chi connectivity index (χ1v) is 13.5. The largest absolute Gasteiger partial charge is 0.505 e. The van der Waals surface area contributed by atoms with E-state index in [0.29, 0.717) is 22.6 Å². The number of aliphatic imine (C=N–C) groups is 1. The number of fused-ring (bicyclic) bond motifs is 1. The third-order valence-corrected chi connectivity index (χ3v) is 7.16. The number of hydrogen-bond acceptors (Lipinski definition) is 11. The molecule has 0 fully saturated rings. The highest BCUT2D eigenvalue weighted by Crippen LogP contribution is 2.38. The highest BCUT2D eigenvalue weighted by atomic mass is 16.7. The van der Waals surface area contributed by atoms with Crippen molar-refractivity contribution in [1.82, 2.24) is 9.78 Å². The van der Waals surface area contributed by atoms with Gasteiger partial charge in [0.15, 0.2) is 11.9 Å². The Labute approximate surface area is 250 Å². The van der Waals surface area contributed by atoms with Gasteiger partial charge in [0, 0.05) is 18.2 Å². The van der Waals surface area contributed by atoms with Crippen LogP contribution in [0.1, 0.15) is 17.5 Å². The van der Waals surface area contributed by atoms with Gasteiger partial charge < -0.3 is 35.3 Å². The Morgan fingerprint density at radius 2 is 1.93 bits per heavy atom. The van der Waals surface area contributed by atoms with Gasteiger partial charge >= 0.3 is 12.3 Å². The topological polar surface area (TPSA) is 193 Å². The predicted octanol–water partition coefficient (Wildman–Crippen LogP) is 4.74. The van der Waals surface area contributed by atoms with Crippen LogP contribution in [0.4, 0.5) is 5.82 Å². The van der Waals surface area contributed by atoms with E-state index in [9.17, 15) is 25.7 Å². The molecule has 0 spiro atoms. The summed E-state index contributed by atoms with van der Waals surface area (Å²) in [5, 5.41) is 66.8. The van der Waals surface area contributed by atoms with Crippen LogP contribution in [-0.2, 0) is 16.0 Å². The summed E-state index contributed by atoms with van der Waals surface area (Å²) in [6.07, 6.45) is 6.30. The number of aromatic nitrogens is 2. The average Bonchev–Trinajstić information content (AvgIpc) is 3.44. The van der Waals surface area contributed by atoms with E-state index in [2.05, 4.69) is 11.1 Å². The molecular formula is C31H26N7O6+. The lowest BCUT2D eigenvalue weighted by atomic mass is 10.0. The number of hydrogen-bond donors (Lipinski definition) is 5. The van der Waals surface area contributed by atoms with Crippen molar-refractivity contribution >= 4 is 18.4 Å². The molecule has 3 aromatic rings. The van der Waals surface area contributed by atoms with Crippen LogP contribution in [0.5, 0.6) is 0 Å². The zero-order chi connectivity index (χ0) is 30.8. The van der Waals surface area contributed by atoms with Gasteiger partial charge in [-0.1, -0.05) is 47.6 Å². The standard InChI is InChI=1S/C31H25N7O6/c32-14-19-6-8-22(9-7-19)38-29-23(25(35-38)21-4-2-1-3-5-21)16-37(18-34-29)36-31(12-10-20(15-33)11-13-31)44-30-28(42)27(41)26(40)24(17-39)43-30/h1-12,15,18,24,33,36,39,42H,13,16-17H2/p+1. The summed E-state index contributed by atoms with van der Waals surface area (Å²) in [6, 6.07) is 18.7. The first-order chi connectivity index (χ1) is 21.3. The first kappa shape index (κ1) is 28.1. The number of nitriles is 1. The Balaban J connectivity index is 1.42. The predicted molar refractivity (Wildman–Crippen MR) is 157 cm³/mol. The van der Waals surface area contributed by atoms with Crippen molar-refractivity contribution in [1.29, 1.82) is 10.7 Å². The van der Waals surface area contributed by atoms with E-state index in [1.165, 1.54) is 12.6 Å². The highest BCUT2D eigenvalue weighted by Gasteiger charge is 2.41. The van der Waals surface area contributed by atoms with Gasteiger partial charge in [0.25, 0.3) is 11.5 Å². The number of azo groups is 2. The van der Waals surface area contributed by atoms with Gasteiger partial charge in [-0.2, -0.15) is 15.0 Å². The van der Waals surface area contributed by atoms with Crippen LogP contribution in [0.2, 0.25) is 0 Å². The molecule has 2 aromatic carbocycles. The SMILES string of the molecule is N#Cc1ccc(-n2nc(-c3ccccc3)c3c2N=C[N+](=NC2(OC4=C(O)C(O)=C(O)C(CO)O4)C=CC(C=N)=CC2)C3)cc1. The Morgan fingerprint density at radius 3 is 2.59 bits per heavy atom. The number of ether oxygens (including phenoxy) is 2. The number of rotatable bonds is 7.